The summed E-state index contributed by atoms with van der Waals surface area (Å²) >= 11 is 2.28. The zero-order valence-electron chi connectivity index (χ0n) is 7.24. The second kappa shape index (κ2) is 3.68. The van der Waals surface area contributed by atoms with Gasteiger partial charge in [-0.2, -0.15) is 0 Å². The molecular weight excluding hydrogens is 297 g/mol. The Morgan fingerprint density at radius 2 is 2.57 bits per heavy atom. The van der Waals surface area contributed by atoms with Crippen LogP contribution in [0.1, 0.15) is 11.5 Å². The third-order valence-electron chi connectivity index (χ3n) is 2.26. The van der Waals surface area contributed by atoms with Gasteiger partial charge in [0.15, 0.2) is 0 Å². The molecule has 2 rings (SSSR count). The first-order valence-corrected chi connectivity index (χ1v) is 5.69. The van der Waals surface area contributed by atoms with E-state index in [1.165, 1.54) is 6.20 Å². The number of nitro groups is 1. The Hall–Kier alpha value is -0.920. The molecule has 0 aliphatic carbocycles. The van der Waals surface area contributed by atoms with Crippen molar-refractivity contribution in [3.05, 3.63) is 27.9 Å². The van der Waals surface area contributed by atoms with Crippen molar-refractivity contribution >= 4 is 34.1 Å². The highest BCUT2D eigenvalue weighted by Gasteiger charge is 2.24. The van der Waals surface area contributed by atoms with E-state index in [-0.39, 0.29) is 5.69 Å². The van der Waals surface area contributed by atoms with Gasteiger partial charge in [0.2, 0.25) is 0 Å². The molecule has 1 aromatic rings. The predicted octanol–water partition coefficient (Wildman–Crippen LogP) is 1.93. The van der Waals surface area contributed by atoms with E-state index in [0.717, 1.165) is 22.4 Å². The first kappa shape index (κ1) is 9.63. The molecule has 1 atom stereocenters. The van der Waals surface area contributed by atoms with E-state index in [2.05, 4.69) is 32.9 Å². The molecule has 0 saturated carbocycles. The monoisotopic (exact) mass is 305 g/mol. The van der Waals surface area contributed by atoms with Crippen LogP contribution in [0.3, 0.4) is 0 Å². The van der Waals surface area contributed by atoms with Crippen LogP contribution < -0.4 is 5.32 Å². The van der Waals surface area contributed by atoms with Gasteiger partial charge in [0, 0.05) is 28.5 Å². The van der Waals surface area contributed by atoms with Crippen molar-refractivity contribution in [1.82, 2.24) is 4.98 Å². The van der Waals surface area contributed by atoms with Gasteiger partial charge in [0.05, 0.1) is 4.92 Å². The Balaban J connectivity index is 2.42. The number of nitrogens with one attached hydrogen (secondary N) is 1. The number of hydrogen-bond acceptors (Lipinski definition) is 4. The molecule has 6 heteroatoms. The molecule has 1 aromatic heterocycles. The van der Waals surface area contributed by atoms with Crippen molar-refractivity contribution in [2.24, 2.45) is 0 Å². The summed E-state index contributed by atoms with van der Waals surface area (Å²) < 4.78 is 0.945. The predicted molar refractivity (Wildman–Crippen MR) is 61.0 cm³/mol. The normalized spacial score (nSPS) is 18.8. The van der Waals surface area contributed by atoms with Crippen molar-refractivity contribution < 1.29 is 4.92 Å². The lowest BCUT2D eigenvalue weighted by Crippen LogP contribution is -2.02. The maximum Gasteiger partial charge on any atom is 0.288 e. The Morgan fingerprint density at radius 1 is 1.79 bits per heavy atom. The summed E-state index contributed by atoms with van der Waals surface area (Å²) in [5.74, 6) is 1.13. The molecule has 0 amide bonds. The molecule has 1 N–H and O–H groups in total. The zero-order chi connectivity index (χ0) is 10.1. The van der Waals surface area contributed by atoms with Gasteiger partial charge in [-0.3, -0.25) is 10.1 Å². The second-order valence-corrected chi connectivity index (χ2v) is 4.00. The van der Waals surface area contributed by atoms with Gasteiger partial charge in [-0.15, -0.1) is 0 Å². The van der Waals surface area contributed by atoms with Crippen LogP contribution in [0.5, 0.6) is 0 Å². The fourth-order valence-electron chi connectivity index (χ4n) is 1.50. The number of pyridine rings is 1. The summed E-state index contributed by atoms with van der Waals surface area (Å²) in [6.07, 6.45) is 1.29. The minimum absolute atomic E-state index is 0.0716. The average molecular weight is 305 g/mol. The number of fused-ring (bicyclic) bond motifs is 1. The summed E-state index contributed by atoms with van der Waals surface area (Å²) in [6, 6.07) is 1.62. The molecule has 0 radical (unpaired) electrons. The van der Waals surface area contributed by atoms with Gasteiger partial charge in [-0.05, 0) is 0 Å². The van der Waals surface area contributed by atoms with Crippen molar-refractivity contribution in [2.75, 3.05) is 16.3 Å². The fraction of sp³-hybridized carbons (Fsp3) is 0.375. The molecular formula is C8H8IN3O2. The first-order chi connectivity index (χ1) is 6.72. The number of rotatable bonds is 2. The van der Waals surface area contributed by atoms with Crippen LogP contribution in [0.15, 0.2) is 12.3 Å². The highest BCUT2D eigenvalue weighted by Crippen LogP contribution is 2.33. The smallest absolute Gasteiger partial charge is 0.288 e. The molecule has 5 nitrogen and oxygen atoms in total. The van der Waals surface area contributed by atoms with Crippen molar-refractivity contribution in [1.29, 1.82) is 0 Å². The average Bonchev–Trinajstić information content (AvgIpc) is 2.59. The molecule has 2 heterocycles. The molecule has 0 bridgehead atoms. The van der Waals surface area contributed by atoms with Gasteiger partial charge >= 0.3 is 0 Å². The molecule has 74 valence electrons. The lowest BCUT2D eigenvalue weighted by atomic mass is 10.1. The Morgan fingerprint density at radius 3 is 3.21 bits per heavy atom. The second-order valence-electron chi connectivity index (χ2n) is 3.12. The zero-order valence-corrected chi connectivity index (χ0v) is 9.39. The van der Waals surface area contributed by atoms with Gasteiger partial charge < -0.3 is 5.32 Å². The van der Waals surface area contributed by atoms with Crippen LogP contribution in [-0.2, 0) is 0 Å². The van der Waals surface area contributed by atoms with E-state index in [0.29, 0.717) is 5.92 Å². The van der Waals surface area contributed by atoms with Crippen LogP contribution in [0.4, 0.5) is 11.5 Å². The highest BCUT2D eigenvalue weighted by molar-refractivity contribution is 14.1. The van der Waals surface area contributed by atoms with E-state index in [1.54, 1.807) is 6.07 Å². The van der Waals surface area contributed by atoms with Crippen LogP contribution in [0.2, 0.25) is 0 Å². The standard InChI is InChI=1S/C8H8IN3O2/c9-2-5-3-10-8-7(5)1-6(4-11-8)12(13)14/h1,4-5H,2-3H2,(H,10,11). The minimum Gasteiger partial charge on any atom is -0.369 e. The third kappa shape index (κ3) is 1.54. The van der Waals surface area contributed by atoms with E-state index >= 15 is 0 Å². The molecule has 1 aliphatic rings. The number of nitrogens with zero attached hydrogens (tertiary/aromatic N) is 2. The van der Waals surface area contributed by atoms with Gasteiger partial charge in [0.25, 0.3) is 5.69 Å². The first-order valence-electron chi connectivity index (χ1n) is 4.16. The summed E-state index contributed by atoms with van der Waals surface area (Å²) in [6.45, 7) is 0.826. The molecule has 0 fully saturated rings. The molecule has 14 heavy (non-hydrogen) atoms. The number of anilines is 1. The van der Waals surface area contributed by atoms with E-state index in [9.17, 15) is 10.1 Å². The lowest BCUT2D eigenvalue weighted by Gasteiger charge is -2.03. The van der Waals surface area contributed by atoms with Crippen molar-refractivity contribution in [3.63, 3.8) is 0 Å². The van der Waals surface area contributed by atoms with Crippen LogP contribution in [0, 0.1) is 10.1 Å². The summed E-state index contributed by atoms with van der Waals surface area (Å²) in [7, 11) is 0. The van der Waals surface area contributed by atoms with Gasteiger partial charge in [-0.1, -0.05) is 22.6 Å². The maximum absolute atomic E-state index is 10.5. The van der Waals surface area contributed by atoms with Crippen LogP contribution in [-0.4, -0.2) is 20.9 Å². The SMILES string of the molecule is O=[N+]([O-])c1cnc2c(c1)C(CI)CN2. The summed E-state index contributed by atoms with van der Waals surface area (Å²) in [4.78, 5) is 14.2. The number of aromatic nitrogens is 1. The van der Waals surface area contributed by atoms with Crippen molar-refractivity contribution in [2.45, 2.75) is 5.92 Å². The Bertz CT molecular complexity index is 383. The number of alkyl halides is 1. The fourth-order valence-corrected chi connectivity index (χ4v) is 2.28. The lowest BCUT2D eigenvalue weighted by molar-refractivity contribution is -0.385. The van der Waals surface area contributed by atoms with Crippen LogP contribution >= 0.6 is 22.6 Å². The van der Waals surface area contributed by atoms with Crippen molar-refractivity contribution in [3.8, 4) is 0 Å². The van der Waals surface area contributed by atoms with E-state index in [1.807, 2.05) is 0 Å². The largest absolute Gasteiger partial charge is 0.369 e. The van der Waals surface area contributed by atoms with Gasteiger partial charge in [-0.25, -0.2) is 4.98 Å². The van der Waals surface area contributed by atoms with Crippen LogP contribution in [0.25, 0.3) is 0 Å². The van der Waals surface area contributed by atoms with E-state index < -0.39 is 4.92 Å². The van der Waals surface area contributed by atoms with Gasteiger partial charge in [0.1, 0.15) is 12.0 Å². The summed E-state index contributed by atoms with van der Waals surface area (Å²) in [5, 5.41) is 13.7. The number of hydrogen-bond donors (Lipinski definition) is 1. The third-order valence-corrected chi connectivity index (χ3v) is 3.32. The summed E-state index contributed by atoms with van der Waals surface area (Å²) in [5.41, 5.74) is 1.04. The molecule has 0 saturated heterocycles. The van der Waals surface area contributed by atoms with E-state index in [4.69, 9.17) is 0 Å². The highest BCUT2D eigenvalue weighted by atomic mass is 127. The molecule has 0 aromatic carbocycles. The topological polar surface area (TPSA) is 68.1 Å². The minimum atomic E-state index is -0.407. The maximum atomic E-state index is 10.5. The Labute approximate surface area is 94.2 Å². The quantitative estimate of drug-likeness (QED) is 0.392. The molecule has 1 unspecified atom stereocenters. The molecule has 0 spiro atoms. The Kier molecular flexibility index (Phi) is 2.53. The molecule has 1 aliphatic heterocycles. The number of halogens is 1.